The molecule has 0 radical (unpaired) electrons. The summed E-state index contributed by atoms with van der Waals surface area (Å²) in [5.74, 6) is -0.735. The van der Waals surface area contributed by atoms with Crippen LogP contribution in [0.2, 0.25) is 0 Å². The first-order valence-electron chi connectivity index (χ1n) is 7.21. The second-order valence-corrected chi connectivity index (χ2v) is 5.61. The second-order valence-electron chi connectivity index (χ2n) is 5.61. The molecule has 1 aromatic carbocycles. The van der Waals surface area contributed by atoms with Gasteiger partial charge in [-0.15, -0.1) is 0 Å². The van der Waals surface area contributed by atoms with Gasteiger partial charge in [0, 0.05) is 11.8 Å². The number of anilines is 1. The molecule has 0 spiro atoms. The van der Waals surface area contributed by atoms with Crippen LogP contribution < -0.4 is 5.32 Å². The molecule has 0 aliphatic rings. The molecular formula is C17H23NO4. The van der Waals surface area contributed by atoms with Crippen LogP contribution in [-0.4, -0.2) is 30.7 Å². The summed E-state index contributed by atoms with van der Waals surface area (Å²) < 4.78 is 10.1. The zero-order chi connectivity index (χ0) is 16.6. The summed E-state index contributed by atoms with van der Waals surface area (Å²) in [5.41, 5.74) is 1.02. The number of carbonyl (C=O) groups excluding carboxylic acids is 2. The fourth-order valence-corrected chi connectivity index (χ4v) is 1.70. The molecule has 0 fully saturated rings. The molecule has 22 heavy (non-hydrogen) atoms. The minimum Gasteiger partial charge on any atom is -0.463 e. The van der Waals surface area contributed by atoms with E-state index >= 15 is 0 Å². The molecule has 0 amide bonds. The Balaban J connectivity index is 2.68. The van der Waals surface area contributed by atoms with E-state index in [1.807, 2.05) is 45.0 Å². The van der Waals surface area contributed by atoms with Gasteiger partial charge in [0.2, 0.25) is 0 Å². The zero-order valence-electron chi connectivity index (χ0n) is 13.5. The lowest BCUT2D eigenvalue weighted by molar-refractivity contribution is -0.152. The summed E-state index contributed by atoms with van der Waals surface area (Å²) in [6.45, 7) is 7.61. The molecule has 0 saturated heterocycles. The van der Waals surface area contributed by atoms with Gasteiger partial charge in [-0.05, 0) is 45.4 Å². The van der Waals surface area contributed by atoms with E-state index in [9.17, 15) is 9.59 Å². The van der Waals surface area contributed by atoms with E-state index in [1.165, 1.54) is 6.08 Å². The second kappa shape index (κ2) is 8.22. The number of para-hydroxylation sites is 1. The minimum atomic E-state index is -0.512. The van der Waals surface area contributed by atoms with Crippen LogP contribution >= 0.6 is 0 Å². The van der Waals surface area contributed by atoms with Crippen LogP contribution in [0.3, 0.4) is 0 Å². The van der Waals surface area contributed by atoms with Gasteiger partial charge in [-0.3, -0.25) is 4.79 Å². The number of esters is 2. The zero-order valence-corrected chi connectivity index (χ0v) is 13.5. The molecule has 1 rings (SSSR count). The molecule has 0 aliphatic heterocycles. The maximum Gasteiger partial charge on any atom is 0.330 e. The van der Waals surface area contributed by atoms with E-state index in [0.29, 0.717) is 6.61 Å². The summed E-state index contributed by atoms with van der Waals surface area (Å²) in [5, 5.41) is 3.01. The predicted octanol–water partition coefficient (Wildman–Crippen LogP) is 3.02. The van der Waals surface area contributed by atoms with E-state index in [1.54, 1.807) is 13.0 Å². The summed E-state index contributed by atoms with van der Waals surface area (Å²) in [4.78, 5) is 23.1. The van der Waals surface area contributed by atoms with E-state index in [-0.39, 0.29) is 12.5 Å². The van der Waals surface area contributed by atoms with Gasteiger partial charge in [0.25, 0.3) is 0 Å². The molecule has 0 aliphatic carbocycles. The lowest BCUT2D eigenvalue weighted by atomic mass is 10.1. The van der Waals surface area contributed by atoms with Crippen LogP contribution in [0.4, 0.5) is 5.69 Å². The Morgan fingerprint density at radius 2 is 1.91 bits per heavy atom. The highest BCUT2D eigenvalue weighted by Crippen LogP contribution is 2.17. The number of ether oxygens (including phenoxy) is 2. The molecule has 0 aromatic heterocycles. The molecule has 1 N–H and O–H groups in total. The van der Waals surface area contributed by atoms with Crippen LogP contribution in [0.5, 0.6) is 0 Å². The third-order valence-electron chi connectivity index (χ3n) is 2.49. The van der Waals surface area contributed by atoms with Crippen molar-refractivity contribution in [1.82, 2.24) is 0 Å². The van der Waals surface area contributed by atoms with Crippen molar-refractivity contribution in [2.45, 2.75) is 33.3 Å². The standard InChI is InChI=1S/C17H23NO4/c1-5-21-15(19)11-10-13-8-6-7-9-14(13)18-12-16(20)22-17(2,3)4/h6-11,18H,5,12H2,1-4H3/b11-10+. The largest absolute Gasteiger partial charge is 0.463 e. The van der Waals surface area contributed by atoms with Gasteiger partial charge in [0.1, 0.15) is 12.1 Å². The normalized spacial score (nSPS) is 11.3. The minimum absolute atomic E-state index is 0.0571. The maximum absolute atomic E-state index is 11.7. The quantitative estimate of drug-likeness (QED) is 0.646. The SMILES string of the molecule is CCOC(=O)/C=C/c1ccccc1NCC(=O)OC(C)(C)C. The number of hydrogen-bond donors (Lipinski definition) is 1. The molecule has 5 heteroatoms. The fourth-order valence-electron chi connectivity index (χ4n) is 1.70. The number of carbonyl (C=O) groups is 2. The van der Waals surface area contributed by atoms with Crippen molar-refractivity contribution >= 4 is 23.7 Å². The lowest BCUT2D eigenvalue weighted by Gasteiger charge is -2.20. The monoisotopic (exact) mass is 305 g/mol. The first-order valence-corrected chi connectivity index (χ1v) is 7.21. The Morgan fingerprint density at radius 1 is 1.23 bits per heavy atom. The number of nitrogens with one attached hydrogen (secondary N) is 1. The molecule has 0 atom stereocenters. The molecule has 120 valence electrons. The van der Waals surface area contributed by atoms with Crippen molar-refractivity contribution in [2.75, 3.05) is 18.5 Å². The average Bonchev–Trinajstić information content (AvgIpc) is 2.42. The van der Waals surface area contributed by atoms with Gasteiger partial charge in [-0.1, -0.05) is 18.2 Å². The van der Waals surface area contributed by atoms with Crippen molar-refractivity contribution in [3.8, 4) is 0 Å². The highest BCUT2D eigenvalue weighted by Gasteiger charge is 2.15. The van der Waals surface area contributed by atoms with Gasteiger partial charge >= 0.3 is 11.9 Å². The molecule has 0 heterocycles. The van der Waals surface area contributed by atoms with Crippen LogP contribution in [0.25, 0.3) is 6.08 Å². The van der Waals surface area contributed by atoms with Crippen LogP contribution in [0.1, 0.15) is 33.3 Å². The van der Waals surface area contributed by atoms with Gasteiger partial charge < -0.3 is 14.8 Å². The van der Waals surface area contributed by atoms with Crippen molar-refractivity contribution in [3.05, 3.63) is 35.9 Å². The molecule has 0 saturated carbocycles. The Labute approximate surface area is 131 Å². The third kappa shape index (κ3) is 6.92. The fraction of sp³-hybridized carbons (Fsp3) is 0.412. The topological polar surface area (TPSA) is 64.6 Å². The number of hydrogen-bond acceptors (Lipinski definition) is 5. The van der Waals surface area contributed by atoms with E-state index in [4.69, 9.17) is 9.47 Å². The molecule has 1 aromatic rings. The van der Waals surface area contributed by atoms with Crippen molar-refractivity contribution < 1.29 is 19.1 Å². The Hall–Kier alpha value is -2.30. The summed E-state index contributed by atoms with van der Waals surface area (Å²) in [6, 6.07) is 7.37. The van der Waals surface area contributed by atoms with Gasteiger partial charge in [0.05, 0.1) is 6.61 Å². The van der Waals surface area contributed by atoms with Crippen LogP contribution in [0, 0.1) is 0 Å². The average molecular weight is 305 g/mol. The molecular weight excluding hydrogens is 282 g/mol. The molecule has 0 unspecified atom stereocenters. The van der Waals surface area contributed by atoms with Crippen LogP contribution in [-0.2, 0) is 19.1 Å². The van der Waals surface area contributed by atoms with Gasteiger partial charge in [0.15, 0.2) is 0 Å². The summed E-state index contributed by atoms with van der Waals surface area (Å²) in [7, 11) is 0. The van der Waals surface area contributed by atoms with Gasteiger partial charge in [-0.2, -0.15) is 0 Å². The Morgan fingerprint density at radius 3 is 2.55 bits per heavy atom. The van der Waals surface area contributed by atoms with Crippen molar-refractivity contribution in [2.24, 2.45) is 0 Å². The van der Waals surface area contributed by atoms with Crippen molar-refractivity contribution in [1.29, 1.82) is 0 Å². The predicted molar refractivity (Wildman–Crippen MR) is 86.4 cm³/mol. The first-order chi connectivity index (χ1) is 10.3. The van der Waals surface area contributed by atoms with E-state index < -0.39 is 11.6 Å². The Bertz CT molecular complexity index is 544. The Kier molecular flexibility index (Phi) is 6.63. The number of benzene rings is 1. The highest BCUT2D eigenvalue weighted by molar-refractivity contribution is 5.88. The van der Waals surface area contributed by atoms with Crippen molar-refractivity contribution in [3.63, 3.8) is 0 Å². The van der Waals surface area contributed by atoms with E-state index in [2.05, 4.69) is 5.32 Å². The van der Waals surface area contributed by atoms with Gasteiger partial charge in [-0.25, -0.2) is 4.79 Å². The summed E-state index contributed by atoms with van der Waals surface area (Å²) in [6.07, 6.45) is 3.01. The maximum atomic E-state index is 11.7. The smallest absolute Gasteiger partial charge is 0.330 e. The third-order valence-corrected chi connectivity index (χ3v) is 2.49. The molecule has 0 bridgehead atoms. The highest BCUT2D eigenvalue weighted by atomic mass is 16.6. The number of rotatable bonds is 6. The first kappa shape index (κ1) is 17.8. The summed E-state index contributed by atoms with van der Waals surface area (Å²) >= 11 is 0. The van der Waals surface area contributed by atoms with Crippen LogP contribution in [0.15, 0.2) is 30.3 Å². The van der Waals surface area contributed by atoms with E-state index in [0.717, 1.165) is 11.3 Å². The lowest BCUT2D eigenvalue weighted by Crippen LogP contribution is -2.28. The molecule has 5 nitrogen and oxygen atoms in total.